The van der Waals surface area contributed by atoms with Crippen molar-refractivity contribution >= 4 is 24.0 Å². The molecule has 5 nitrogen and oxygen atoms in total. The quantitative estimate of drug-likeness (QED) is 0.232. The minimum absolute atomic E-state index is 0. The normalized spacial score (nSPS) is 15.3. The molecule has 1 unspecified atom stereocenters. The summed E-state index contributed by atoms with van der Waals surface area (Å²) >= 11 is 0. The number of halogens is 1. The monoisotopic (exact) mass is 501 g/mol. The third kappa shape index (κ3) is 10.2. The van der Waals surface area contributed by atoms with Gasteiger partial charge in [-0.2, -0.15) is 0 Å². The van der Waals surface area contributed by atoms with Gasteiger partial charge >= 0.3 is 0 Å². The van der Waals surface area contributed by atoms with Crippen LogP contribution < -0.4 is 20.7 Å². The van der Waals surface area contributed by atoms with Crippen molar-refractivity contribution in [2.45, 2.75) is 77.2 Å². The molecule has 1 heterocycles. The molecule has 1 atom stereocenters. The molecule has 1 fully saturated rings. The topological polar surface area (TPSA) is 62.4 Å². The maximum atomic E-state index is 13.1. The summed E-state index contributed by atoms with van der Waals surface area (Å²) in [5.74, 6) is 0.528. The van der Waals surface area contributed by atoms with Crippen molar-refractivity contribution in [2.75, 3.05) is 31.6 Å². The van der Waals surface area contributed by atoms with E-state index in [1.165, 1.54) is 57.8 Å². The van der Waals surface area contributed by atoms with Crippen LogP contribution in [-0.2, 0) is 0 Å². The lowest BCUT2D eigenvalue weighted by Gasteiger charge is -2.26. The van der Waals surface area contributed by atoms with Gasteiger partial charge in [-0.05, 0) is 30.2 Å². The molecule has 2 aromatic carbocycles. The fourth-order valence-corrected chi connectivity index (χ4v) is 4.53. The number of rotatable bonds is 15. The summed E-state index contributed by atoms with van der Waals surface area (Å²) in [5.41, 5.74) is 2.53. The van der Waals surface area contributed by atoms with Gasteiger partial charge in [-0.1, -0.05) is 95.0 Å². The Balaban J connectivity index is 0.00000432. The van der Waals surface area contributed by atoms with Gasteiger partial charge < -0.3 is 20.7 Å². The highest BCUT2D eigenvalue weighted by molar-refractivity contribution is 6.06. The van der Waals surface area contributed by atoms with E-state index in [1.807, 2.05) is 42.5 Å². The van der Waals surface area contributed by atoms with Crippen molar-refractivity contribution in [3.63, 3.8) is 0 Å². The molecule has 1 aliphatic heterocycles. The van der Waals surface area contributed by atoms with Gasteiger partial charge in [0.15, 0.2) is 0 Å². The Morgan fingerprint density at radius 2 is 1.54 bits per heavy atom. The van der Waals surface area contributed by atoms with Crippen LogP contribution in [0.3, 0.4) is 0 Å². The number of piperazine rings is 1. The van der Waals surface area contributed by atoms with Crippen molar-refractivity contribution in [3.05, 3.63) is 59.7 Å². The van der Waals surface area contributed by atoms with Crippen molar-refractivity contribution in [3.8, 4) is 5.75 Å². The molecule has 6 heteroatoms. The summed E-state index contributed by atoms with van der Waals surface area (Å²) in [6.45, 7) is 5.65. The number of ether oxygens (including phenoxy) is 1. The third-order valence-corrected chi connectivity index (χ3v) is 6.51. The molecule has 0 aliphatic carbocycles. The van der Waals surface area contributed by atoms with Gasteiger partial charge in [0.1, 0.15) is 5.75 Å². The van der Waals surface area contributed by atoms with Crippen LogP contribution in [0.2, 0.25) is 0 Å². The predicted molar refractivity (Wildman–Crippen MR) is 149 cm³/mol. The zero-order valence-corrected chi connectivity index (χ0v) is 22.1. The molecule has 1 aliphatic rings. The number of unbranched alkanes of at least 4 members (excludes halogenated alkanes) is 9. The van der Waals surface area contributed by atoms with E-state index in [2.05, 4.69) is 28.9 Å². The Labute approximate surface area is 218 Å². The van der Waals surface area contributed by atoms with Crippen molar-refractivity contribution in [1.82, 2.24) is 10.6 Å². The molecule has 35 heavy (non-hydrogen) atoms. The van der Waals surface area contributed by atoms with Crippen molar-refractivity contribution in [2.24, 2.45) is 0 Å². The smallest absolute Gasteiger partial charge is 0.259 e. The van der Waals surface area contributed by atoms with Crippen molar-refractivity contribution < 1.29 is 9.53 Å². The second-order valence-electron chi connectivity index (χ2n) is 9.28. The zero-order valence-electron chi connectivity index (χ0n) is 21.3. The van der Waals surface area contributed by atoms with Crippen LogP contribution in [0.4, 0.5) is 5.69 Å². The summed E-state index contributed by atoms with van der Waals surface area (Å²) in [4.78, 5) is 13.1. The molecule has 1 amide bonds. The molecular formula is C29H44ClN3O2. The van der Waals surface area contributed by atoms with Crippen LogP contribution in [0.1, 0.15) is 93.1 Å². The van der Waals surface area contributed by atoms with E-state index in [-0.39, 0.29) is 24.4 Å². The fraction of sp³-hybridized carbons (Fsp3) is 0.552. The standard InChI is InChI=1S/C29H43N3O2.ClH/c1-2-3-4-5-6-7-8-9-10-15-22-34-28-19-14-12-17-25(28)29(33)32-26-18-13-11-16-24(26)27-23-30-20-21-31-27;/h11-14,16-19,27,30-31H,2-10,15,20-23H2,1H3,(H,32,33);1H. The Morgan fingerprint density at radius 1 is 0.886 bits per heavy atom. The van der Waals surface area contributed by atoms with E-state index in [4.69, 9.17) is 4.74 Å². The Kier molecular flexibility index (Phi) is 14.5. The minimum Gasteiger partial charge on any atom is -0.493 e. The van der Waals surface area contributed by atoms with Gasteiger partial charge in [0, 0.05) is 31.4 Å². The highest BCUT2D eigenvalue weighted by atomic mass is 35.5. The Bertz CT molecular complexity index is 855. The van der Waals surface area contributed by atoms with E-state index in [0.29, 0.717) is 17.9 Å². The maximum Gasteiger partial charge on any atom is 0.259 e. The number of nitrogens with one attached hydrogen (secondary N) is 3. The average molecular weight is 502 g/mol. The van der Waals surface area contributed by atoms with Crippen LogP contribution in [0, 0.1) is 0 Å². The SMILES string of the molecule is CCCCCCCCCCCCOc1ccccc1C(=O)Nc1ccccc1C1CNCCN1.Cl. The first kappa shape index (κ1) is 29.2. The van der Waals surface area contributed by atoms with Gasteiger partial charge in [-0.15, -0.1) is 12.4 Å². The first-order chi connectivity index (χ1) is 16.8. The van der Waals surface area contributed by atoms with Gasteiger partial charge in [-0.3, -0.25) is 4.79 Å². The molecule has 0 radical (unpaired) electrons. The number of carbonyl (C=O) groups excluding carboxylic acids is 1. The number of amides is 1. The fourth-order valence-electron chi connectivity index (χ4n) is 4.53. The van der Waals surface area contributed by atoms with Crippen LogP contribution in [0.25, 0.3) is 0 Å². The molecule has 3 N–H and O–H groups in total. The Hall–Kier alpha value is -2.08. The second kappa shape index (κ2) is 17.4. The van der Waals surface area contributed by atoms with E-state index < -0.39 is 0 Å². The van der Waals surface area contributed by atoms with Crippen LogP contribution in [0.5, 0.6) is 5.75 Å². The van der Waals surface area contributed by atoms with Crippen LogP contribution in [-0.4, -0.2) is 32.1 Å². The number of carbonyl (C=O) groups is 1. The summed E-state index contributed by atoms with van der Waals surface area (Å²) in [6, 6.07) is 15.8. The van der Waals surface area contributed by atoms with Gasteiger partial charge in [0.2, 0.25) is 0 Å². The number of benzene rings is 2. The third-order valence-electron chi connectivity index (χ3n) is 6.51. The number of hydrogen-bond acceptors (Lipinski definition) is 4. The number of para-hydroxylation sites is 2. The van der Waals surface area contributed by atoms with Gasteiger partial charge in [0.05, 0.1) is 12.2 Å². The summed E-state index contributed by atoms with van der Waals surface area (Å²) in [6.07, 6.45) is 13.0. The minimum atomic E-state index is -0.130. The largest absolute Gasteiger partial charge is 0.493 e. The zero-order chi connectivity index (χ0) is 23.8. The lowest BCUT2D eigenvalue weighted by atomic mass is 10.0. The van der Waals surface area contributed by atoms with Crippen LogP contribution in [0.15, 0.2) is 48.5 Å². The highest BCUT2D eigenvalue weighted by Gasteiger charge is 2.19. The molecule has 0 bridgehead atoms. The molecule has 194 valence electrons. The van der Waals surface area contributed by atoms with Crippen LogP contribution >= 0.6 is 12.4 Å². The number of hydrogen-bond donors (Lipinski definition) is 3. The second-order valence-corrected chi connectivity index (χ2v) is 9.28. The molecule has 1 saturated heterocycles. The van der Waals surface area contributed by atoms with Gasteiger partial charge in [-0.25, -0.2) is 0 Å². The number of anilines is 1. The lowest BCUT2D eigenvalue weighted by Crippen LogP contribution is -2.42. The highest BCUT2D eigenvalue weighted by Crippen LogP contribution is 2.26. The van der Waals surface area contributed by atoms with E-state index in [9.17, 15) is 4.79 Å². The summed E-state index contributed by atoms with van der Waals surface area (Å²) < 4.78 is 6.03. The molecule has 0 saturated carbocycles. The molecular weight excluding hydrogens is 458 g/mol. The lowest BCUT2D eigenvalue weighted by molar-refractivity contribution is 0.102. The molecule has 3 rings (SSSR count). The van der Waals surface area contributed by atoms with Crippen molar-refractivity contribution in [1.29, 1.82) is 0 Å². The first-order valence-corrected chi connectivity index (χ1v) is 13.4. The van der Waals surface area contributed by atoms with Gasteiger partial charge in [0.25, 0.3) is 5.91 Å². The predicted octanol–water partition coefficient (Wildman–Crippen LogP) is 6.89. The molecule has 2 aromatic rings. The molecule has 0 aromatic heterocycles. The summed E-state index contributed by atoms with van der Waals surface area (Å²) in [7, 11) is 0. The first-order valence-electron chi connectivity index (χ1n) is 13.4. The van der Waals surface area contributed by atoms with E-state index >= 15 is 0 Å². The Morgan fingerprint density at radius 3 is 2.26 bits per heavy atom. The maximum absolute atomic E-state index is 13.1. The summed E-state index contributed by atoms with van der Waals surface area (Å²) in [5, 5.41) is 10.1. The molecule has 0 spiro atoms. The van der Waals surface area contributed by atoms with E-state index in [0.717, 1.165) is 37.3 Å². The average Bonchev–Trinajstić information content (AvgIpc) is 2.88. The van der Waals surface area contributed by atoms with E-state index in [1.54, 1.807) is 0 Å².